The van der Waals surface area contributed by atoms with Crippen LogP contribution < -0.4 is 0 Å². The monoisotopic (exact) mass is 270 g/mol. The van der Waals surface area contributed by atoms with Gasteiger partial charge in [-0.15, -0.1) is 0 Å². The first-order valence-corrected chi connectivity index (χ1v) is 7.19. The van der Waals surface area contributed by atoms with Gasteiger partial charge in [0.25, 0.3) is 0 Å². The Kier molecular flexibility index (Phi) is 4.43. The summed E-state index contributed by atoms with van der Waals surface area (Å²) in [5.41, 5.74) is 5.41. The molecule has 1 aliphatic carbocycles. The van der Waals surface area contributed by atoms with Gasteiger partial charge in [-0.05, 0) is 53.9 Å². The van der Waals surface area contributed by atoms with E-state index in [1.165, 1.54) is 28.7 Å². The van der Waals surface area contributed by atoms with Crippen LogP contribution in [0.1, 0.15) is 48.4 Å². The Labute approximate surface area is 120 Å². The van der Waals surface area contributed by atoms with Gasteiger partial charge in [0, 0.05) is 6.08 Å². The molecule has 0 unspecified atom stereocenters. The summed E-state index contributed by atoms with van der Waals surface area (Å²) >= 11 is 0. The van der Waals surface area contributed by atoms with Crippen LogP contribution in [0, 0.1) is 12.8 Å². The lowest BCUT2D eigenvalue weighted by molar-refractivity contribution is -0.131. The summed E-state index contributed by atoms with van der Waals surface area (Å²) in [6.45, 7) is 6.72. The maximum absolute atomic E-state index is 10.5. The number of hydrogen-bond donors (Lipinski definition) is 1. The van der Waals surface area contributed by atoms with Crippen LogP contribution in [0.25, 0.3) is 6.08 Å². The lowest BCUT2D eigenvalue weighted by Gasteiger charge is -2.29. The molecule has 2 atom stereocenters. The number of carbonyl (C=O) groups is 1. The van der Waals surface area contributed by atoms with Crippen LogP contribution in [-0.2, 0) is 11.2 Å². The molecule has 0 aromatic heterocycles. The molecule has 20 heavy (non-hydrogen) atoms. The maximum Gasteiger partial charge on any atom is 0.328 e. The predicted molar refractivity (Wildman–Crippen MR) is 82.9 cm³/mol. The molecular formula is C18H22O2. The summed E-state index contributed by atoms with van der Waals surface area (Å²) in [4.78, 5) is 10.5. The van der Waals surface area contributed by atoms with Crippen molar-refractivity contribution in [2.75, 3.05) is 0 Å². The minimum absolute atomic E-state index is 0.566. The van der Waals surface area contributed by atoms with Gasteiger partial charge in [-0.1, -0.05) is 44.2 Å². The molecule has 0 saturated carbocycles. The summed E-state index contributed by atoms with van der Waals surface area (Å²) in [5.74, 6) is 0.393. The number of fused-ring (bicyclic) bond motifs is 1. The quantitative estimate of drug-likeness (QED) is 0.655. The Morgan fingerprint density at radius 2 is 2.05 bits per heavy atom. The molecule has 2 rings (SSSR count). The molecule has 0 spiro atoms. The molecule has 0 aliphatic heterocycles. The third kappa shape index (κ3) is 3.19. The van der Waals surface area contributed by atoms with Crippen LogP contribution in [-0.4, -0.2) is 11.1 Å². The Morgan fingerprint density at radius 1 is 1.30 bits per heavy atom. The Bertz CT molecular complexity index is 567. The molecule has 2 heteroatoms. The highest BCUT2D eigenvalue weighted by Crippen LogP contribution is 2.38. The van der Waals surface area contributed by atoms with Crippen molar-refractivity contribution in [3.63, 3.8) is 0 Å². The zero-order valence-corrected chi connectivity index (χ0v) is 12.4. The third-order valence-electron chi connectivity index (χ3n) is 4.03. The van der Waals surface area contributed by atoms with Crippen molar-refractivity contribution in [3.8, 4) is 0 Å². The molecule has 106 valence electrons. The highest BCUT2D eigenvalue weighted by Gasteiger charge is 2.23. The van der Waals surface area contributed by atoms with Crippen molar-refractivity contribution in [1.82, 2.24) is 0 Å². The highest BCUT2D eigenvalue weighted by atomic mass is 16.4. The number of rotatable bonds is 3. The third-order valence-corrected chi connectivity index (χ3v) is 4.03. The van der Waals surface area contributed by atoms with Gasteiger partial charge in [0.15, 0.2) is 0 Å². The number of benzene rings is 1. The van der Waals surface area contributed by atoms with E-state index in [9.17, 15) is 4.79 Å². The van der Waals surface area contributed by atoms with Gasteiger partial charge in [-0.3, -0.25) is 0 Å². The van der Waals surface area contributed by atoms with E-state index in [2.05, 4.69) is 32.9 Å². The van der Waals surface area contributed by atoms with E-state index in [-0.39, 0.29) is 0 Å². The summed E-state index contributed by atoms with van der Waals surface area (Å²) in [7, 11) is 0. The Hall–Kier alpha value is -1.83. The van der Waals surface area contributed by atoms with Gasteiger partial charge < -0.3 is 5.11 Å². The second-order valence-corrected chi connectivity index (χ2v) is 5.87. The van der Waals surface area contributed by atoms with Gasteiger partial charge >= 0.3 is 5.97 Å². The second-order valence-electron chi connectivity index (χ2n) is 5.87. The normalized spacial score (nSPS) is 22.4. The number of carboxylic acid groups (broad SMARTS) is 1. The minimum atomic E-state index is -0.913. The number of hydrogen-bond acceptors (Lipinski definition) is 1. The van der Waals surface area contributed by atoms with Gasteiger partial charge in [-0.2, -0.15) is 0 Å². The van der Waals surface area contributed by atoms with Crippen molar-refractivity contribution in [2.24, 2.45) is 5.92 Å². The molecule has 0 bridgehead atoms. The lowest BCUT2D eigenvalue weighted by atomic mass is 9.75. The first-order chi connectivity index (χ1) is 9.49. The average Bonchev–Trinajstić information content (AvgIpc) is 2.36. The summed E-state index contributed by atoms with van der Waals surface area (Å²) in [6, 6.07) is 4.42. The van der Waals surface area contributed by atoms with Gasteiger partial charge in [0.2, 0.25) is 0 Å². The van der Waals surface area contributed by atoms with E-state index in [1.807, 2.05) is 12.2 Å². The largest absolute Gasteiger partial charge is 0.478 e. The van der Waals surface area contributed by atoms with E-state index >= 15 is 0 Å². The fourth-order valence-corrected chi connectivity index (χ4v) is 3.24. The summed E-state index contributed by atoms with van der Waals surface area (Å²) in [5, 5.41) is 8.61. The lowest BCUT2D eigenvalue weighted by Crippen LogP contribution is -2.16. The van der Waals surface area contributed by atoms with Crippen LogP contribution in [0.3, 0.4) is 0 Å². The van der Waals surface area contributed by atoms with Crippen LogP contribution in [0.5, 0.6) is 0 Å². The van der Waals surface area contributed by atoms with Crippen LogP contribution >= 0.6 is 0 Å². The topological polar surface area (TPSA) is 37.3 Å². The SMILES string of the molecule is Cc1ccc2c(c1C=CC=CC(=O)O)[C@H](C)C[C@H](C)C2. The van der Waals surface area contributed by atoms with Crippen LogP contribution in [0.15, 0.2) is 30.4 Å². The fourth-order valence-electron chi connectivity index (χ4n) is 3.24. The standard InChI is InChI=1S/C18H22O2/c1-12-10-14(3)18-15(11-12)9-8-13(2)16(18)6-4-5-7-17(19)20/h4-9,12,14H,10-11H2,1-3H3,(H,19,20)/t12-,14+/m0/s1. The summed E-state index contributed by atoms with van der Waals surface area (Å²) < 4.78 is 0. The van der Waals surface area contributed by atoms with E-state index in [1.54, 1.807) is 6.08 Å². The Morgan fingerprint density at radius 3 is 2.75 bits per heavy atom. The molecule has 0 radical (unpaired) electrons. The molecule has 0 saturated heterocycles. The highest BCUT2D eigenvalue weighted by molar-refractivity contribution is 5.80. The van der Waals surface area contributed by atoms with Crippen molar-refractivity contribution >= 4 is 12.0 Å². The molecule has 1 N–H and O–H groups in total. The molecule has 1 aromatic rings. The number of aliphatic carboxylic acids is 1. The molecule has 0 amide bonds. The smallest absolute Gasteiger partial charge is 0.328 e. The molecular weight excluding hydrogens is 248 g/mol. The van der Waals surface area contributed by atoms with Crippen LogP contribution in [0.4, 0.5) is 0 Å². The van der Waals surface area contributed by atoms with Crippen molar-refractivity contribution in [1.29, 1.82) is 0 Å². The van der Waals surface area contributed by atoms with Crippen molar-refractivity contribution in [2.45, 2.75) is 39.5 Å². The zero-order chi connectivity index (χ0) is 14.7. The molecule has 1 aromatic carbocycles. The number of aryl methyl sites for hydroxylation is 1. The molecule has 2 nitrogen and oxygen atoms in total. The van der Waals surface area contributed by atoms with E-state index in [4.69, 9.17) is 5.11 Å². The van der Waals surface area contributed by atoms with E-state index in [0.29, 0.717) is 5.92 Å². The molecule has 0 heterocycles. The van der Waals surface area contributed by atoms with Gasteiger partial charge in [0.1, 0.15) is 0 Å². The fraction of sp³-hybridized carbons (Fsp3) is 0.389. The first kappa shape index (κ1) is 14.6. The van der Waals surface area contributed by atoms with Crippen LogP contribution in [0.2, 0.25) is 0 Å². The Balaban J connectivity index is 2.38. The number of allylic oxidation sites excluding steroid dienone is 2. The van der Waals surface area contributed by atoms with Crippen molar-refractivity contribution in [3.05, 3.63) is 52.6 Å². The van der Waals surface area contributed by atoms with E-state index in [0.717, 1.165) is 18.4 Å². The van der Waals surface area contributed by atoms with E-state index < -0.39 is 5.97 Å². The zero-order valence-electron chi connectivity index (χ0n) is 12.4. The summed E-state index contributed by atoms with van der Waals surface area (Å²) in [6.07, 6.45) is 8.97. The average molecular weight is 270 g/mol. The molecule has 0 fully saturated rings. The second kappa shape index (κ2) is 6.08. The molecule has 1 aliphatic rings. The van der Waals surface area contributed by atoms with Gasteiger partial charge in [0.05, 0.1) is 0 Å². The predicted octanol–water partition coefficient (Wildman–Crippen LogP) is 4.33. The van der Waals surface area contributed by atoms with Crippen molar-refractivity contribution < 1.29 is 9.90 Å². The first-order valence-electron chi connectivity index (χ1n) is 7.19. The minimum Gasteiger partial charge on any atom is -0.478 e. The number of carboxylic acids is 1. The van der Waals surface area contributed by atoms with Gasteiger partial charge in [-0.25, -0.2) is 4.79 Å². The maximum atomic E-state index is 10.5.